The molecule has 2 heterocycles. The molecule has 0 fully saturated rings. The maximum Gasteiger partial charge on any atom is 0.152 e. The summed E-state index contributed by atoms with van der Waals surface area (Å²) in [6.45, 7) is 2.11. The Kier molecular flexibility index (Phi) is 2.88. The van der Waals surface area contributed by atoms with Crippen molar-refractivity contribution >= 4 is 17.2 Å². The summed E-state index contributed by atoms with van der Waals surface area (Å²) in [5.74, 6) is 0. The largest absolute Gasteiger partial charge is 0.353 e. The molecule has 94 valence electrons. The first-order valence-electron chi connectivity index (χ1n) is 6.34. The maximum absolute atomic E-state index is 11.4. The van der Waals surface area contributed by atoms with E-state index < -0.39 is 0 Å². The number of nitrogens with zero attached hydrogens (tertiary/aromatic N) is 1. The first-order valence-corrected chi connectivity index (χ1v) is 6.34. The first kappa shape index (κ1) is 11.7. The minimum absolute atomic E-state index is 0.684. The molecule has 0 amide bonds. The number of nitrogens with one attached hydrogen (secondary N) is 1. The summed E-state index contributed by atoms with van der Waals surface area (Å²) in [5, 5.41) is 0.968. The number of fused-ring (bicyclic) bond motifs is 1. The lowest BCUT2D eigenvalue weighted by molar-refractivity contribution is 0.112. The molecule has 0 bridgehead atoms. The van der Waals surface area contributed by atoms with Crippen molar-refractivity contribution in [1.29, 1.82) is 0 Å². The predicted octanol–water partition coefficient (Wildman–Crippen LogP) is 3.60. The summed E-state index contributed by atoms with van der Waals surface area (Å²) < 4.78 is 0. The quantitative estimate of drug-likeness (QED) is 0.722. The number of aryl methyl sites for hydroxylation is 1. The second kappa shape index (κ2) is 4.69. The molecule has 0 saturated carbocycles. The van der Waals surface area contributed by atoms with Crippen LogP contribution in [0.15, 0.2) is 42.6 Å². The van der Waals surface area contributed by atoms with Gasteiger partial charge in [0.2, 0.25) is 0 Å². The molecule has 0 saturated heterocycles. The number of aromatic amines is 1. The smallest absolute Gasteiger partial charge is 0.152 e. The van der Waals surface area contributed by atoms with Gasteiger partial charge in [-0.2, -0.15) is 0 Å². The Bertz CT molecular complexity index is 729. The lowest BCUT2D eigenvalue weighted by Gasteiger charge is -1.98. The molecule has 0 atom stereocenters. The second-order valence-corrected chi connectivity index (χ2v) is 4.48. The lowest BCUT2D eigenvalue weighted by Crippen LogP contribution is -1.87. The van der Waals surface area contributed by atoms with Gasteiger partial charge in [0, 0.05) is 22.7 Å². The third-order valence-corrected chi connectivity index (χ3v) is 3.35. The van der Waals surface area contributed by atoms with Crippen LogP contribution in [-0.4, -0.2) is 16.3 Å². The van der Waals surface area contributed by atoms with E-state index in [4.69, 9.17) is 0 Å². The van der Waals surface area contributed by atoms with Crippen LogP contribution in [0.2, 0.25) is 0 Å². The van der Waals surface area contributed by atoms with Gasteiger partial charge in [-0.1, -0.05) is 19.1 Å². The fourth-order valence-electron chi connectivity index (χ4n) is 2.31. The van der Waals surface area contributed by atoms with Gasteiger partial charge < -0.3 is 4.98 Å². The van der Waals surface area contributed by atoms with Crippen LogP contribution in [0.4, 0.5) is 0 Å². The number of aldehydes is 1. The average Bonchev–Trinajstić information content (AvgIpc) is 2.85. The van der Waals surface area contributed by atoms with Gasteiger partial charge in [0.1, 0.15) is 0 Å². The van der Waals surface area contributed by atoms with Crippen molar-refractivity contribution in [3.63, 3.8) is 0 Å². The van der Waals surface area contributed by atoms with Gasteiger partial charge in [-0.25, -0.2) is 0 Å². The highest BCUT2D eigenvalue weighted by Crippen LogP contribution is 2.28. The van der Waals surface area contributed by atoms with Gasteiger partial charge in [-0.05, 0) is 36.2 Å². The van der Waals surface area contributed by atoms with E-state index in [1.54, 1.807) is 6.20 Å². The van der Waals surface area contributed by atoms with E-state index in [0.717, 1.165) is 35.0 Å². The van der Waals surface area contributed by atoms with Gasteiger partial charge in [0.05, 0.1) is 11.4 Å². The molecular weight excluding hydrogens is 236 g/mol. The average molecular weight is 250 g/mol. The summed E-state index contributed by atoms with van der Waals surface area (Å²) in [6, 6.07) is 11.9. The number of hydrogen-bond donors (Lipinski definition) is 1. The number of carbonyl (C=O) groups is 1. The Labute approximate surface area is 111 Å². The van der Waals surface area contributed by atoms with Crippen molar-refractivity contribution in [3.8, 4) is 11.4 Å². The molecule has 0 aliphatic carbocycles. The Morgan fingerprint density at radius 3 is 2.84 bits per heavy atom. The molecule has 3 rings (SSSR count). The summed E-state index contributed by atoms with van der Waals surface area (Å²) in [5.41, 5.74) is 4.46. The van der Waals surface area contributed by atoms with Crippen LogP contribution < -0.4 is 0 Å². The molecule has 0 aliphatic heterocycles. The molecule has 3 aromatic rings. The predicted molar refractivity (Wildman–Crippen MR) is 76.3 cm³/mol. The van der Waals surface area contributed by atoms with Gasteiger partial charge in [-0.15, -0.1) is 0 Å². The minimum atomic E-state index is 0.684. The van der Waals surface area contributed by atoms with E-state index >= 15 is 0 Å². The van der Waals surface area contributed by atoms with Gasteiger partial charge in [-0.3, -0.25) is 9.78 Å². The van der Waals surface area contributed by atoms with Crippen LogP contribution in [-0.2, 0) is 6.42 Å². The standard InChI is InChI=1S/C16H14N2O/c1-2-11-6-7-14-12(9-11)13(10-19)16(18-14)15-5-3-4-8-17-15/h3-10,18H,2H2,1H3. The zero-order chi connectivity index (χ0) is 13.2. The Morgan fingerprint density at radius 2 is 2.16 bits per heavy atom. The number of pyridine rings is 1. The number of aromatic nitrogens is 2. The molecule has 0 aliphatic rings. The summed E-state index contributed by atoms with van der Waals surface area (Å²) >= 11 is 0. The normalized spacial score (nSPS) is 10.8. The Hall–Kier alpha value is -2.42. The van der Waals surface area contributed by atoms with E-state index in [1.165, 1.54) is 5.56 Å². The topological polar surface area (TPSA) is 45.8 Å². The van der Waals surface area contributed by atoms with Gasteiger partial charge >= 0.3 is 0 Å². The van der Waals surface area contributed by atoms with Gasteiger partial charge in [0.15, 0.2) is 6.29 Å². The third kappa shape index (κ3) is 1.93. The molecule has 0 spiro atoms. The zero-order valence-electron chi connectivity index (χ0n) is 10.7. The van der Waals surface area contributed by atoms with Crippen molar-refractivity contribution in [3.05, 3.63) is 53.7 Å². The first-order chi connectivity index (χ1) is 9.33. The fourth-order valence-corrected chi connectivity index (χ4v) is 2.31. The minimum Gasteiger partial charge on any atom is -0.353 e. The Morgan fingerprint density at radius 1 is 1.26 bits per heavy atom. The van der Waals surface area contributed by atoms with E-state index in [0.29, 0.717) is 5.56 Å². The maximum atomic E-state index is 11.4. The monoisotopic (exact) mass is 250 g/mol. The fraction of sp³-hybridized carbons (Fsp3) is 0.125. The molecule has 1 aromatic carbocycles. The number of benzene rings is 1. The van der Waals surface area contributed by atoms with Gasteiger partial charge in [0.25, 0.3) is 0 Å². The van der Waals surface area contributed by atoms with Crippen LogP contribution >= 0.6 is 0 Å². The van der Waals surface area contributed by atoms with Crippen molar-refractivity contribution in [2.45, 2.75) is 13.3 Å². The highest BCUT2D eigenvalue weighted by Gasteiger charge is 2.13. The molecule has 2 aromatic heterocycles. The van der Waals surface area contributed by atoms with Crippen molar-refractivity contribution in [1.82, 2.24) is 9.97 Å². The highest BCUT2D eigenvalue weighted by molar-refractivity contribution is 6.04. The Balaban J connectivity index is 2.29. The zero-order valence-corrected chi connectivity index (χ0v) is 10.7. The highest BCUT2D eigenvalue weighted by atomic mass is 16.1. The summed E-state index contributed by atoms with van der Waals surface area (Å²) in [7, 11) is 0. The molecule has 0 radical (unpaired) electrons. The molecule has 3 heteroatoms. The van der Waals surface area contributed by atoms with Crippen LogP contribution in [0.1, 0.15) is 22.8 Å². The molecule has 0 unspecified atom stereocenters. The molecular formula is C16H14N2O. The number of rotatable bonds is 3. The number of carbonyl (C=O) groups excluding carboxylic acids is 1. The van der Waals surface area contributed by atoms with E-state index in [1.807, 2.05) is 24.3 Å². The number of hydrogen-bond acceptors (Lipinski definition) is 2. The summed E-state index contributed by atoms with van der Waals surface area (Å²) in [4.78, 5) is 19.0. The molecule has 3 nitrogen and oxygen atoms in total. The third-order valence-electron chi connectivity index (χ3n) is 3.35. The van der Waals surface area contributed by atoms with E-state index in [2.05, 4.69) is 29.0 Å². The van der Waals surface area contributed by atoms with Crippen LogP contribution in [0.3, 0.4) is 0 Å². The second-order valence-electron chi connectivity index (χ2n) is 4.48. The number of H-pyrrole nitrogens is 1. The van der Waals surface area contributed by atoms with E-state index in [9.17, 15) is 4.79 Å². The lowest BCUT2D eigenvalue weighted by atomic mass is 10.1. The SMILES string of the molecule is CCc1ccc2[nH]c(-c3ccccn3)c(C=O)c2c1. The molecule has 1 N–H and O–H groups in total. The molecule has 19 heavy (non-hydrogen) atoms. The van der Waals surface area contributed by atoms with E-state index in [-0.39, 0.29) is 0 Å². The summed E-state index contributed by atoms with van der Waals surface area (Å²) in [6.07, 6.45) is 3.59. The van der Waals surface area contributed by atoms with Crippen LogP contribution in [0.5, 0.6) is 0 Å². The van der Waals surface area contributed by atoms with Crippen LogP contribution in [0.25, 0.3) is 22.3 Å². The van der Waals surface area contributed by atoms with Crippen molar-refractivity contribution in [2.24, 2.45) is 0 Å². The van der Waals surface area contributed by atoms with Crippen molar-refractivity contribution < 1.29 is 4.79 Å². The van der Waals surface area contributed by atoms with Crippen LogP contribution in [0, 0.1) is 0 Å². The van der Waals surface area contributed by atoms with Crippen molar-refractivity contribution in [2.75, 3.05) is 0 Å².